The summed E-state index contributed by atoms with van der Waals surface area (Å²) >= 11 is 5.14. The molecule has 1 aromatic heterocycles. The molecule has 1 N–H and O–H groups in total. The van der Waals surface area contributed by atoms with Crippen molar-refractivity contribution in [3.05, 3.63) is 28.2 Å². The molecule has 1 aliphatic rings. The molecular formula is C12H14BrN5S. The van der Waals surface area contributed by atoms with E-state index >= 15 is 0 Å². The Morgan fingerprint density at radius 1 is 1.47 bits per heavy atom. The van der Waals surface area contributed by atoms with E-state index in [1.54, 1.807) is 11.8 Å². The van der Waals surface area contributed by atoms with Crippen molar-refractivity contribution in [2.24, 2.45) is 0 Å². The molecule has 1 saturated carbocycles. The molecule has 0 amide bonds. The second-order valence-electron chi connectivity index (χ2n) is 4.52. The monoisotopic (exact) mass is 339 g/mol. The van der Waals surface area contributed by atoms with E-state index in [1.165, 1.54) is 23.3 Å². The Morgan fingerprint density at radius 3 is 3.05 bits per heavy atom. The third kappa shape index (κ3) is 2.98. The molecule has 5 nitrogen and oxygen atoms in total. The van der Waals surface area contributed by atoms with E-state index in [9.17, 15) is 0 Å². The minimum absolute atomic E-state index is 0.501. The zero-order valence-electron chi connectivity index (χ0n) is 10.5. The Morgan fingerprint density at radius 2 is 2.32 bits per heavy atom. The molecule has 1 aliphatic carbocycles. The standard InChI is InChI=1S/C12H14BrN5S/c1-14-7-8-6-9(13)2-5-11(8)19-12-15-16-17-18(12)10-3-4-10/h2,5-6,10,14H,3-4,7H2,1H3. The van der Waals surface area contributed by atoms with Gasteiger partial charge in [-0.2, -0.15) is 0 Å². The maximum absolute atomic E-state index is 4.13. The molecule has 0 spiro atoms. The highest BCUT2D eigenvalue weighted by atomic mass is 79.9. The molecule has 0 aliphatic heterocycles. The Labute approximate surface area is 124 Å². The van der Waals surface area contributed by atoms with Gasteiger partial charge < -0.3 is 5.32 Å². The number of hydrogen-bond donors (Lipinski definition) is 1. The van der Waals surface area contributed by atoms with Crippen LogP contribution in [-0.4, -0.2) is 27.3 Å². The van der Waals surface area contributed by atoms with Gasteiger partial charge in [-0.1, -0.05) is 15.9 Å². The van der Waals surface area contributed by atoms with Crippen molar-refractivity contribution in [2.45, 2.75) is 35.5 Å². The van der Waals surface area contributed by atoms with Crippen LogP contribution in [0.5, 0.6) is 0 Å². The van der Waals surface area contributed by atoms with Crippen molar-refractivity contribution in [3.63, 3.8) is 0 Å². The van der Waals surface area contributed by atoms with Crippen molar-refractivity contribution >= 4 is 27.7 Å². The summed E-state index contributed by atoms with van der Waals surface area (Å²) < 4.78 is 3.03. The first kappa shape index (κ1) is 13.1. The quantitative estimate of drug-likeness (QED) is 0.907. The van der Waals surface area contributed by atoms with Crippen molar-refractivity contribution in [3.8, 4) is 0 Å². The van der Waals surface area contributed by atoms with E-state index in [4.69, 9.17) is 0 Å². The summed E-state index contributed by atoms with van der Waals surface area (Å²) in [5, 5.41) is 16.1. The molecule has 3 rings (SSSR count). The average molecular weight is 340 g/mol. The van der Waals surface area contributed by atoms with Crippen LogP contribution < -0.4 is 5.32 Å². The molecule has 19 heavy (non-hydrogen) atoms. The van der Waals surface area contributed by atoms with Crippen molar-refractivity contribution in [1.82, 2.24) is 25.5 Å². The summed E-state index contributed by atoms with van der Waals surface area (Å²) in [5.41, 5.74) is 1.24. The van der Waals surface area contributed by atoms with Gasteiger partial charge in [-0.15, -0.1) is 5.10 Å². The van der Waals surface area contributed by atoms with Crippen LogP contribution >= 0.6 is 27.7 Å². The Kier molecular flexibility index (Phi) is 3.86. The molecule has 7 heteroatoms. The SMILES string of the molecule is CNCc1cc(Br)ccc1Sc1nnnn1C1CC1. The van der Waals surface area contributed by atoms with Crippen LogP contribution in [0, 0.1) is 0 Å². The number of nitrogens with zero attached hydrogens (tertiary/aromatic N) is 4. The maximum Gasteiger partial charge on any atom is 0.214 e. The molecule has 1 aromatic carbocycles. The van der Waals surface area contributed by atoms with Gasteiger partial charge in [0.1, 0.15) is 0 Å². The van der Waals surface area contributed by atoms with E-state index in [2.05, 4.69) is 48.9 Å². The second-order valence-corrected chi connectivity index (χ2v) is 6.45. The fraction of sp³-hybridized carbons (Fsp3) is 0.417. The normalized spacial score (nSPS) is 14.8. The first-order chi connectivity index (χ1) is 9.28. The van der Waals surface area contributed by atoms with Crippen LogP contribution in [0.4, 0.5) is 0 Å². The zero-order valence-corrected chi connectivity index (χ0v) is 12.9. The summed E-state index contributed by atoms with van der Waals surface area (Å²) in [7, 11) is 1.95. The predicted octanol–water partition coefficient (Wildman–Crippen LogP) is 2.64. The number of tetrazole rings is 1. The van der Waals surface area contributed by atoms with Gasteiger partial charge >= 0.3 is 0 Å². The van der Waals surface area contributed by atoms with Gasteiger partial charge in [-0.25, -0.2) is 4.68 Å². The van der Waals surface area contributed by atoms with Crippen LogP contribution in [0.1, 0.15) is 24.4 Å². The zero-order chi connectivity index (χ0) is 13.2. The Bertz CT molecular complexity index is 581. The molecule has 0 atom stereocenters. The van der Waals surface area contributed by atoms with Crippen molar-refractivity contribution in [1.29, 1.82) is 0 Å². The van der Waals surface area contributed by atoms with E-state index < -0.39 is 0 Å². The van der Waals surface area contributed by atoms with Crippen LogP contribution in [-0.2, 0) is 6.54 Å². The highest BCUT2D eigenvalue weighted by molar-refractivity contribution is 9.10. The van der Waals surface area contributed by atoms with E-state index in [0.717, 1.165) is 16.2 Å². The van der Waals surface area contributed by atoms with E-state index in [0.29, 0.717) is 6.04 Å². The smallest absolute Gasteiger partial charge is 0.214 e. The number of rotatable bonds is 5. The fourth-order valence-corrected chi connectivity index (χ4v) is 3.24. The minimum Gasteiger partial charge on any atom is -0.316 e. The molecule has 0 saturated heterocycles. The first-order valence-corrected chi connectivity index (χ1v) is 7.77. The maximum atomic E-state index is 4.13. The summed E-state index contributed by atoms with van der Waals surface area (Å²) in [6, 6.07) is 6.78. The molecule has 1 fully saturated rings. The third-order valence-corrected chi connectivity index (χ3v) is 4.51. The van der Waals surface area contributed by atoms with Crippen LogP contribution in [0.15, 0.2) is 32.7 Å². The van der Waals surface area contributed by atoms with Gasteiger partial charge in [-0.3, -0.25) is 0 Å². The second kappa shape index (κ2) is 5.60. The van der Waals surface area contributed by atoms with Gasteiger partial charge in [0.05, 0.1) is 6.04 Å². The summed E-state index contributed by atoms with van der Waals surface area (Å²) in [5.74, 6) is 0. The topological polar surface area (TPSA) is 55.6 Å². The van der Waals surface area contributed by atoms with Crippen molar-refractivity contribution in [2.75, 3.05) is 7.05 Å². The van der Waals surface area contributed by atoms with Crippen molar-refractivity contribution < 1.29 is 0 Å². The number of aromatic nitrogens is 4. The van der Waals surface area contributed by atoms with Crippen LogP contribution in [0.25, 0.3) is 0 Å². The summed E-state index contributed by atoms with van der Waals surface area (Å²) in [6.07, 6.45) is 2.37. The third-order valence-electron chi connectivity index (χ3n) is 2.95. The summed E-state index contributed by atoms with van der Waals surface area (Å²) in [4.78, 5) is 1.19. The first-order valence-electron chi connectivity index (χ1n) is 6.16. The largest absolute Gasteiger partial charge is 0.316 e. The lowest BCUT2D eigenvalue weighted by Gasteiger charge is -2.09. The van der Waals surface area contributed by atoms with E-state index in [-0.39, 0.29) is 0 Å². The van der Waals surface area contributed by atoms with Gasteiger partial charge in [0.15, 0.2) is 0 Å². The molecule has 0 unspecified atom stereocenters. The molecule has 0 radical (unpaired) electrons. The summed E-state index contributed by atoms with van der Waals surface area (Å²) in [6.45, 7) is 0.826. The van der Waals surface area contributed by atoms with Gasteiger partial charge in [-0.05, 0) is 65.8 Å². The molecule has 100 valence electrons. The predicted molar refractivity (Wildman–Crippen MR) is 77.1 cm³/mol. The highest BCUT2D eigenvalue weighted by Crippen LogP contribution is 2.38. The average Bonchev–Trinajstić information content (AvgIpc) is 3.14. The highest BCUT2D eigenvalue weighted by Gasteiger charge is 2.28. The number of nitrogens with one attached hydrogen (secondary N) is 1. The lowest BCUT2D eigenvalue weighted by atomic mass is 10.2. The van der Waals surface area contributed by atoms with Crippen LogP contribution in [0.3, 0.4) is 0 Å². The number of halogens is 1. The molecule has 0 bridgehead atoms. The van der Waals surface area contributed by atoms with Gasteiger partial charge in [0.25, 0.3) is 0 Å². The van der Waals surface area contributed by atoms with Crippen LogP contribution in [0.2, 0.25) is 0 Å². The minimum atomic E-state index is 0.501. The van der Waals surface area contributed by atoms with Gasteiger partial charge in [0, 0.05) is 15.9 Å². The lowest BCUT2D eigenvalue weighted by molar-refractivity contribution is 0.565. The van der Waals surface area contributed by atoms with E-state index in [1.807, 2.05) is 17.8 Å². The Hall–Kier alpha value is -0.920. The fourth-order valence-electron chi connectivity index (χ4n) is 1.88. The molecule has 1 heterocycles. The Balaban J connectivity index is 1.87. The van der Waals surface area contributed by atoms with Gasteiger partial charge in [0.2, 0.25) is 5.16 Å². The lowest BCUT2D eigenvalue weighted by Crippen LogP contribution is -2.06. The molecular weight excluding hydrogens is 326 g/mol. The molecule has 2 aromatic rings. The number of hydrogen-bond acceptors (Lipinski definition) is 5. The number of benzene rings is 1.